The summed E-state index contributed by atoms with van der Waals surface area (Å²) in [6.07, 6.45) is 3.03. The Morgan fingerprint density at radius 2 is 2.06 bits per heavy atom. The Bertz CT molecular complexity index is 1180. The monoisotopic (exact) mass is 433 g/mol. The Hall–Kier alpha value is -3.92. The maximum Gasteiger partial charge on any atom is 0.252 e. The number of carbonyl (C=O) groups excluding carboxylic acids is 1. The summed E-state index contributed by atoms with van der Waals surface area (Å²) in [5.74, 6) is 0.359. The average Bonchev–Trinajstić information content (AvgIpc) is 3.05. The quantitative estimate of drug-likeness (QED) is 0.460. The second-order valence-electron chi connectivity index (χ2n) is 7.40. The van der Waals surface area contributed by atoms with Gasteiger partial charge in [0.15, 0.2) is 0 Å². The molecule has 32 heavy (non-hydrogen) atoms. The van der Waals surface area contributed by atoms with Gasteiger partial charge in [-0.15, -0.1) is 0 Å². The topological polar surface area (TPSA) is 139 Å². The Labute approximate surface area is 184 Å². The molecule has 1 aliphatic rings. The number of aromatic nitrogens is 4. The molecule has 0 radical (unpaired) electrons. The van der Waals surface area contributed by atoms with Crippen LogP contribution in [0.5, 0.6) is 0 Å². The molecular weight excluding hydrogens is 410 g/mol. The lowest BCUT2D eigenvalue weighted by molar-refractivity contribution is -0.115. The van der Waals surface area contributed by atoms with Crippen LogP contribution in [-0.2, 0) is 9.53 Å². The third kappa shape index (κ3) is 5.03. The van der Waals surface area contributed by atoms with E-state index in [1.165, 1.54) is 19.3 Å². The number of H-pyrrole nitrogens is 1. The van der Waals surface area contributed by atoms with Gasteiger partial charge in [-0.05, 0) is 11.6 Å². The van der Waals surface area contributed by atoms with Crippen molar-refractivity contribution in [1.82, 2.24) is 19.9 Å². The smallest absolute Gasteiger partial charge is 0.252 e. The maximum atomic E-state index is 12.3. The van der Waals surface area contributed by atoms with E-state index in [1.54, 1.807) is 12.3 Å². The van der Waals surface area contributed by atoms with Crippen molar-refractivity contribution in [2.24, 2.45) is 10.7 Å². The van der Waals surface area contributed by atoms with E-state index in [0.29, 0.717) is 49.2 Å². The van der Waals surface area contributed by atoms with Gasteiger partial charge in [0.1, 0.15) is 12.2 Å². The molecule has 10 nitrogen and oxygen atoms in total. The van der Waals surface area contributed by atoms with Gasteiger partial charge in [-0.1, -0.05) is 24.3 Å². The van der Waals surface area contributed by atoms with E-state index in [9.17, 15) is 9.59 Å². The van der Waals surface area contributed by atoms with Crippen molar-refractivity contribution in [3.63, 3.8) is 0 Å². The van der Waals surface area contributed by atoms with Gasteiger partial charge in [-0.25, -0.2) is 15.0 Å². The molecule has 1 saturated heterocycles. The van der Waals surface area contributed by atoms with Gasteiger partial charge in [0.25, 0.3) is 5.56 Å². The number of anilines is 1. The number of hydrogen-bond acceptors (Lipinski definition) is 7. The predicted octanol–water partition coefficient (Wildman–Crippen LogP) is 1.10. The molecule has 1 aliphatic heterocycles. The molecule has 3 N–H and O–H groups in total. The molecule has 1 atom stereocenters. The Morgan fingerprint density at radius 3 is 2.78 bits per heavy atom. The molecular formula is C22H23N7O3. The number of amides is 1. The van der Waals surface area contributed by atoms with E-state index in [0.717, 1.165) is 5.56 Å². The third-order valence-corrected chi connectivity index (χ3v) is 5.09. The van der Waals surface area contributed by atoms with Gasteiger partial charge in [-0.2, -0.15) is 4.99 Å². The maximum absolute atomic E-state index is 12.3. The van der Waals surface area contributed by atoms with Crippen LogP contribution in [0.15, 0.2) is 58.7 Å². The van der Waals surface area contributed by atoms with E-state index < -0.39 is 0 Å². The number of amidine groups is 1. The fraction of sp³-hybridized carbons (Fsp3) is 0.273. The summed E-state index contributed by atoms with van der Waals surface area (Å²) in [6, 6.07) is 10.7. The van der Waals surface area contributed by atoms with Gasteiger partial charge in [0, 0.05) is 43.8 Å². The highest BCUT2D eigenvalue weighted by molar-refractivity contribution is 6.03. The summed E-state index contributed by atoms with van der Waals surface area (Å²) < 4.78 is 5.81. The molecule has 1 aromatic carbocycles. The first kappa shape index (κ1) is 21.3. The first-order valence-corrected chi connectivity index (χ1v) is 10.1. The molecule has 2 aromatic heterocycles. The molecule has 4 rings (SSSR count). The van der Waals surface area contributed by atoms with Gasteiger partial charge < -0.3 is 15.4 Å². The average molecular weight is 433 g/mol. The second-order valence-corrected chi connectivity index (χ2v) is 7.40. The predicted molar refractivity (Wildman–Crippen MR) is 120 cm³/mol. The van der Waals surface area contributed by atoms with E-state index >= 15 is 0 Å². The van der Waals surface area contributed by atoms with Crippen LogP contribution in [0.2, 0.25) is 0 Å². The normalized spacial score (nSPS) is 17.1. The summed E-state index contributed by atoms with van der Waals surface area (Å²) in [6.45, 7) is 3.59. The molecule has 0 saturated carbocycles. The van der Waals surface area contributed by atoms with E-state index in [-0.39, 0.29) is 23.2 Å². The Balaban J connectivity index is 1.58. The third-order valence-electron chi connectivity index (χ3n) is 5.09. The summed E-state index contributed by atoms with van der Waals surface area (Å²) in [7, 11) is 0. The number of rotatable bonds is 4. The minimum atomic E-state index is -0.343. The molecule has 3 heterocycles. The van der Waals surface area contributed by atoms with Crippen molar-refractivity contribution < 1.29 is 9.53 Å². The first-order chi connectivity index (χ1) is 15.5. The van der Waals surface area contributed by atoms with E-state index in [2.05, 4.69) is 24.9 Å². The highest BCUT2D eigenvalue weighted by atomic mass is 16.5. The summed E-state index contributed by atoms with van der Waals surface area (Å²) in [5, 5.41) is 0. The molecule has 164 valence electrons. The molecule has 1 unspecified atom stereocenters. The van der Waals surface area contributed by atoms with Gasteiger partial charge in [-0.3, -0.25) is 14.6 Å². The van der Waals surface area contributed by atoms with Crippen LogP contribution in [0.4, 0.5) is 5.95 Å². The largest absolute Gasteiger partial charge is 0.383 e. The molecule has 1 amide bonds. The molecule has 0 spiro atoms. The van der Waals surface area contributed by atoms with Crippen LogP contribution in [0.1, 0.15) is 24.0 Å². The van der Waals surface area contributed by atoms with Gasteiger partial charge >= 0.3 is 0 Å². The van der Waals surface area contributed by atoms with Crippen LogP contribution < -0.4 is 16.2 Å². The highest BCUT2D eigenvalue weighted by Gasteiger charge is 2.22. The van der Waals surface area contributed by atoms with E-state index in [1.807, 2.05) is 29.2 Å². The lowest BCUT2D eigenvalue weighted by Gasteiger charge is -2.24. The van der Waals surface area contributed by atoms with Crippen LogP contribution in [0, 0.1) is 0 Å². The standard InChI is InChI=1S/C22H23N7O3/c1-14(30)26-21(23)16-4-2-15(3-5-16)17-11-29(8-9-32-12-17)22-27-19(10-20(31)28-22)18-6-7-24-13-25-18/h2-7,10,13,17H,8-9,11-12H2,1H3,(H2,23,26,30)(H,27,28,31). The van der Waals surface area contributed by atoms with Crippen LogP contribution in [-0.4, -0.2) is 58.0 Å². The summed E-state index contributed by atoms with van der Waals surface area (Å²) in [5.41, 5.74) is 8.40. The minimum Gasteiger partial charge on any atom is -0.383 e. The van der Waals surface area contributed by atoms with Crippen molar-refractivity contribution in [2.45, 2.75) is 12.8 Å². The van der Waals surface area contributed by atoms with Crippen molar-refractivity contribution in [3.05, 3.63) is 70.4 Å². The zero-order valence-electron chi connectivity index (χ0n) is 17.6. The number of ether oxygens (including phenoxy) is 1. The highest BCUT2D eigenvalue weighted by Crippen LogP contribution is 2.23. The van der Waals surface area contributed by atoms with Crippen molar-refractivity contribution in [3.8, 4) is 11.4 Å². The van der Waals surface area contributed by atoms with Gasteiger partial charge in [0.2, 0.25) is 11.9 Å². The fourth-order valence-electron chi connectivity index (χ4n) is 3.53. The number of nitrogens with zero attached hydrogens (tertiary/aromatic N) is 5. The zero-order valence-corrected chi connectivity index (χ0v) is 17.6. The molecule has 0 bridgehead atoms. The Kier molecular flexibility index (Phi) is 6.31. The lowest BCUT2D eigenvalue weighted by atomic mass is 9.98. The van der Waals surface area contributed by atoms with Crippen molar-refractivity contribution >= 4 is 17.7 Å². The number of aromatic amines is 1. The minimum absolute atomic E-state index is 0.0468. The summed E-state index contributed by atoms with van der Waals surface area (Å²) >= 11 is 0. The first-order valence-electron chi connectivity index (χ1n) is 10.1. The number of hydrogen-bond donors (Lipinski definition) is 2. The van der Waals surface area contributed by atoms with Crippen LogP contribution in [0.25, 0.3) is 11.4 Å². The zero-order chi connectivity index (χ0) is 22.5. The number of carbonyl (C=O) groups is 1. The number of nitrogens with two attached hydrogens (primary N) is 1. The van der Waals surface area contributed by atoms with Gasteiger partial charge in [0.05, 0.1) is 24.6 Å². The number of nitrogens with one attached hydrogen (secondary N) is 1. The van der Waals surface area contributed by atoms with Crippen molar-refractivity contribution in [2.75, 3.05) is 31.2 Å². The SMILES string of the molecule is CC(=O)N=C(N)c1ccc(C2COCCN(c3nc(-c4ccncn4)cc(=O)[nH]3)C2)cc1. The fourth-order valence-corrected chi connectivity index (χ4v) is 3.53. The molecule has 10 heteroatoms. The molecule has 0 aliphatic carbocycles. The van der Waals surface area contributed by atoms with Crippen LogP contribution in [0.3, 0.4) is 0 Å². The lowest BCUT2D eigenvalue weighted by Crippen LogP contribution is -2.32. The van der Waals surface area contributed by atoms with E-state index in [4.69, 9.17) is 10.5 Å². The summed E-state index contributed by atoms with van der Waals surface area (Å²) in [4.78, 5) is 44.8. The Morgan fingerprint density at radius 1 is 1.25 bits per heavy atom. The number of benzene rings is 1. The van der Waals surface area contributed by atoms with Crippen LogP contribution >= 0.6 is 0 Å². The van der Waals surface area contributed by atoms with Crippen molar-refractivity contribution in [1.29, 1.82) is 0 Å². The number of aliphatic imine (C=N–C) groups is 1. The second kappa shape index (κ2) is 9.48. The molecule has 3 aromatic rings. The molecule has 1 fully saturated rings.